The molecule has 1 unspecified atom stereocenters. The van der Waals surface area contributed by atoms with Gasteiger partial charge in [-0.15, -0.1) is 5.10 Å². The van der Waals surface area contributed by atoms with Crippen molar-refractivity contribution >= 4 is 11.6 Å². The van der Waals surface area contributed by atoms with Crippen molar-refractivity contribution in [3.63, 3.8) is 0 Å². The molecule has 0 spiro atoms. The summed E-state index contributed by atoms with van der Waals surface area (Å²) in [6.07, 6.45) is -0.600. The second-order valence-corrected chi connectivity index (χ2v) is 6.23. The molecular formula is C16H22ClN3O2. The molecule has 1 aromatic carbocycles. The molecule has 1 N–H and O–H groups in total. The van der Waals surface area contributed by atoms with Gasteiger partial charge in [-0.2, -0.15) is 0 Å². The summed E-state index contributed by atoms with van der Waals surface area (Å²) < 4.78 is 7.15. The molecule has 2 rings (SSSR count). The molecule has 0 aliphatic heterocycles. The lowest BCUT2D eigenvalue weighted by Crippen LogP contribution is -2.24. The summed E-state index contributed by atoms with van der Waals surface area (Å²) in [5, 5.41) is 19.0. The van der Waals surface area contributed by atoms with Crippen LogP contribution >= 0.6 is 11.6 Å². The fourth-order valence-electron chi connectivity index (χ4n) is 2.10. The van der Waals surface area contributed by atoms with E-state index < -0.39 is 6.10 Å². The Morgan fingerprint density at radius 3 is 2.55 bits per heavy atom. The Balaban J connectivity index is 2.00. The molecule has 1 atom stereocenters. The fourth-order valence-corrected chi connectivity index (χ4v) is 2.23. The van der Waals surface area contributed by atoms with Crippen molar-refractivity contribution < 1.29 is 9.84 Å². The van der Waals surface area contributed by atoms with E-state index in [1.807, 2.05) is 31.2 Å². The van der Waals surface area contributed by atoms with Crippen LogP contribution in [-0.4, -0.2) is 39.4 Å². The summed E-state index contributed by atoms with van der Waals surface area (Å²) in [5.41, 5.74) is 2.66. The molecular weight excluding hydrogens is 302 g/mol. The van der Waals surface area contributed by atoms with Crippen LogP contribution in [0.15, 0.2) is 24.3 Å². The van der Waals surface area contributed by atoms with Gasteiger partial charge in [-0.25, -0.2) is 4.68 Å². The first kappa shape index (κ1) is 16.9. The van der Waals surface area contributed by atoms with Crippen LogP contribution in [0.1, 0.15) is 19.5 Å². The average Bonchev–Trinajstić information content (AvgIpc) is 2.81. The predicted octanol–water partition coefficient (Wildman–Crippen LogP) is 2.94. The Bertz CT molecular complexity index is 596. The maximum Gasteiger partial charge on any atom is 0.115 e. The molecule has 1 aromatic heterocycles. The summed E-state index contributed by atoms with van der Waals surface area (Å²) >= 11 is 5.90. The van der Waals surface area contributed by atoms with Crippen molar-refractivity contribution in [3.8, 4) is 11.3 Å². The number of aromatic nitrogens is 3. The van der Waals surface area contributed by atoms with E-state index in [-0.39, 0.29) is 0 Å². The van der Waals surface area contributed by atoms with Crippen molar-refractivity contribution in [2.24, 2.45) is 5.92 Å². The Morgan fingerprint density at radius 2 is 1.91 bits per heavy atom. The third kappa shape index (κ3) is 4.53. The van der Waals surface area contributed by atoms with Crippen LogP contribution in [-0.2, 0) is 11.3 Å². The Kier molecular flexibility index (Phi) is 5.94. The summed E-state index contributed by atoms with van der Waals surface area (Å²) in [4.78, 5) is 0. The maximum atomic E-state index is 10.0. The van der Waals surface area contributed by atoms with Crippen molar-refractivity contribution in [1.82, 2.24) is 15.0 Å². The van der Waals surface area contributed by atoms with E-state index in [4.69, 9.17) is 16.3 Å². The van der Waals surface area contributed by atoms with Crippen molar-refractivity contribution in [3.05, 3.63) is 35.0 Å². The van der Waals surface area contributed by atoms with E-state index in [9.17, 15) is 5.11 Å². The van der Waals surface area contributed by atoms with Gasteiger partial charge < -0.3 is 9.84 Å². The van der Waals surface area contributed by atoms with Crippen molar-refractivity contribution in [2.75, 3.05) is 13.2 Å². The van der Waals surface area contributed by atoms with Gasteiger partial charge in [0.15, 0.2) is 0 Å². The Hall–Kier alpha value is -1.43. The highest BCUT2D eigenvalue weighted by atomic mass is 35.5. The molecule has 0 bridgehead atoms. The topological polar surface area (TPSA) is 60.2 Å². The average molecular weight is 324 g/mol. The Morgan fingerprint density at radius 1 is 1.23 bits per heavy atom. The maximum absolute atomic E-state index is 10.0. The minimum Gasteiger partial charge on any atom is -0.389 e. The predicted molar refractivity (Wildman–Crippen MR) is 86.9 cm³/mol. The van der Waals surface area contributed by atoms with E-state index in [2.05, 4.69) is 24.2 Å². The lowest BCUT2D eigenvalue weighted by molar-refractivity contribution is 0.0160. The summed E-state index contributed by atoms with van der Waals surface area (Å²) in [5.74, 6) is 0.455. The highest BCUT2D eigenvalue weighted by molar-refractivity contribution is 6.30. The van der Waals surface area contributed by atoms with Crippen LogP contribution in [0.25, 0.3) is 11.3 Å². The molecule has 2 aromatic rings. The smallest absolute Gasteiger partial charge is 0.115 e. The largest absolute Gasteiger partial charge is 0.389 e. The summed E-state index contributed by atoms with van der Waals surface area (Å²) in [6.45, 7) is 7.39. The number of benzene rings is 1. The van der Waals surface area contributed by atoms with Gasteiger partial charge in [0.1, 0.15) is 5.69 Å². The molecule has 120 valence electrons. The lowest BCUT2D eigenvalue weighted by Gasteiger charge is -2.13. The molecule has 0 amide bonds. The van der Waals surface area contributed by atoms with Gasteiger partial charge >= 0.3 is 0 Å². The van der Waals surface area contributed by atoms with Crippen LogP contribution < -0.4 is 0 Å². The second-order valence-electron chi connectivity index (χ2n) is 5.80. The van der Waals surface area contributed by atoms with E-state index in [1.54, 1.807) is 4.68 Å². The SMILES string of the molecule is Cc1c(-c2ccc(Cl)cc2)nnn1CC(O)COCC(C)C. The molecule has 0 saturated heterocycles. The minimum absolute atomic E-state index is 0.299. The van der Waals surface area contributed by atoms with Crippen LogP contribution in [0.2, 0.25) is 5.02 Å². The fraction of sp³-hybridized carbons (Fsp3) is 0.500. The number of aliphatic hydroxyl groups excluding tert-OH is 1. The van der Waals surface area contributed by atoms with Crippen molar-refractivity contribution in [2.45, 2.75) is 33.4 Å². The summed E-state index contributed by atoms with van der Waals surface area (Å²) in [6, 6.07) is 7.46. The number of halogens is 1. The molecule has 0 radical (unpaired) electrons. The van der Waals surface area contributed by atoms with E-state index in [0.717, 1.165) is 17.0 Å². The standard InChI is InChI=1S/C16H22ClN3O2/c1-11(2)9-22-10-15(21)8-20-12(3)16(18-19-20)13-4-6-14(17)7-5-13/h4-7,11,15,21H,8-10H2,1-3H3. The van der Waals surface area contributed by atoms with Gasteiger partial charge in [0.2, 0.25) is 0 Å². The molecule has 0 fully saturated rings. The van der Waals surface area contributed by atoms with E-state index in [1.165, 1.54) is 0 Å². The monoisotopic (exact) mass is 323 g/mol. The molecule has 0 saturated carbocycles. The summed E-state index contributed by atoms with van der Waals surface area (Å²) in [7, 11) is 0. The first-order chi connectivity index (χ1) is 10.5. The zero-order valence-corrected chi connectivity index (χ0v) is 13.9. The molecule has 1 heterocycles. The zero-order chi connectivity index (χ0) is 16.1. The second kappa shape index (κ2) is 7.72. The highest BCUT2D eigenvalue weighted by Gasteiger charge is 2.14. The quantitative estimate of drug-likeness (QED) is 0.851. The molecule has 0 aliphatic carbocycles. The molecule has 5 nitrogen and oxygen atoms in total. The normalized spacial score (nSPS) is 12.8. The van der Waals surface area contributed by atoms with E-state index in [0.29, 0.717) is 30.7 Å². The number of nitrogens with zero attached hydrogens (tertiary/aromatic N) is 3. The molecule has 0 aliphatic rings. The number of ether oxygens (including phenoxy) is 1. The van der Waals surface area contributed by atoms with Gasteiger partial charge in [0.25, 0.3) is 0 Å². The zero-order valence-electron chi connectivity index (χ0n) is 13.2. The van der Waals surface area contributed by atoms with Gasteiger partial charge in [-0.05, 0) is 25.0 Å². The number of hydrogen-bond donors (Lipinski definition) is 1. The van der Waals surface area contributed by atoms with Gasteiger partial charge in [-0.1, -0.05) is 42.8 Å². The van der Waals surface area contributed by atoms with Gasteiger partial charge in [-0.3, -0.25) is 0 Å². The lowest BCUT2D eigenvalue weighted by atomic mass is 10.1. The highest BCUT2D eigenvalue weighted by Crippen LogP contribution is 2.22. The first-order valence-corrected chi connectivity index (χ1v) is 7.77. The molecule has 6 heteroatoms. The van der Waals surface area contributed by atoms with Crippen molar-refractivity contribution in [1.29, 1.82) is 0 Å². The third-order valence-electron chi connectivity index (χ3n) is 3.25. The van der Waals surface area contributed by atoms with Crippen LogP contribution in [0, 0.1) is 12.8 Å². The third-order valence-corrected chi connectivity index (χ3v) is 3.50. The van der Waals surface area contributed by atoms with Crippen LogP contribution in [0.5, 0.6) is 0 Å². The van der Waals surface area contributed by atoms with Gasteiger partial charge in [0.05, 0.1) is 24.9 Å². The first-order valence-electron chi connectivity index (χ1n) is 7.39. The van der Waals surface area contributed by atoms with Gasteiger partial charge in [0, 0.05) is 17.2 Å². The number of hydrogen-bond acceptors (Lipinski definition) is 4. The number of aliphatic hydroxyl groups is 1. The number of rotatable bonds is 7. The Labute approximate surface area is 135 Å². The van der Waals surface area contributed by atoms with E-state index >= 15 is 0 Å². The molecule has 22 heavy (non-hydrogen) atoms. The van der Waals surface area contributed by atoms with Crippen LogP contribution in [0.3, 0.4) is 0 Å². The van der Waals surface area contributed by atoms with Crippen LogP contribution in [0.4, 0.5) is 0 Å². The minimum atomic E-state index is -0.600.